The summed E-state index contributed by atoms with van der Waals surface area (Å²) in [6, 6.07) is 8.34. The summed E-state index contributed by atoms with van der Waals surface area (Å²) in [4.78, 5) is 25.5. The monoisotopic (exact) mass is 407 g/mol. The molecular weight excluding hydrogens is 386 g/mol. The van der Waals surface area contributed by atoms with Gasteiger partial charge in [0.05, 0.1) is 12.7 Å². The number of hydrogen-bond donors (Lipinski definition) is 1. The Bertz CT molecular complexity index is 1270. The number of nitrogens with zero attached hydrogens (tertiary/aromatic N) is 6. The van der Waals surface area contributed by atoms with Crippen LogP contribution < -0.4 is 11.3 Å². The van der Waals surface area contributed by atoms with Crippen molar-refractivity contribution in [2.45, 2.75) is 31.9 Å². The summed E-state index contributed by atoms with van der Waals surface area (Å²) in [5.41, 5.74) is 8.51. The van der Waals surface area contributed by atoms with E-state index in [-0.39, 0.29) is 30.1 Å². The SMILES string of the molecule is Cc1ccc([C@H]2C[C@H](c3noc(Cn4cnc5nc(N)n(C)c5c4=O)n3)CO2)cc1. The summed E-state index contributed by atoms with van der Waals surface area (Å²) < 4.78 is 14.3. The highest BCUT2D eigenvalue weighted by atomic mass is 16.5. The molecule has 0 bridgehead atoms. The number of rotatable bonds is 4. The lowest BCUT2D eigenvalue weighted by atomic mass is 9.99. The third-order valence-electron chi connectivity index (χ3n) is 5.50. The number of nitrogens with two attached hydrogens (primary N) is 1. The van der Waals surface area contributed by atoms with Crippen molar-refractivity contribution in [1.82, 2.24) is 29.2 Å². The van der Waals surface area contributed by atoms with Crippen LogP contribution in [0, 0.1) is 6.92 Å². The van der Waals surface area contributed by atoms with Gasteiger partial charge in [-0.2, -0.15) is 9.97 Å². The van der Waals surface area contributed by atoms with Gasteiger partial charge < -0.3 is 19.6 Å². The van der Waals surface area contributed by atoms with E-state index in [1.165, 1.54) is 21.0 Å². The summed E-state index contributed by atoms with van der Waals surface area (Å²) in [5.74, 6) is 1.20. The molecule has 1 fully saturated rings. The van der Waals surface area contributed by atoms with Crippen LogP contribution in [0.25, 0.3) is 11.2 Å². The van der Waals surface area contributed by atoms with Gasteiger partial charge in [-0.15, -0.1) is 0 Å². The molecule has 30 heavy (non-hydrogen) atoms. The first-order chi connectivity index (χ1) is 14.5. The predicted molar refractivity (Wildman–Crippen MR) is 108 cm³/mol. The molecule has 0 amide bonds. The number of anilines is 1. The average molecular weight is 407 g/mol. The molecule has 4 heterocycles. The van der Waals surface area contributed by atoms with Crippen LogP contribution in [0.4, 0.5) is 5.95 Å². The molecular formula is C20H21N7O3. The van der Waals surface area contributed by atoms with Gasteiger partial charge >= 0.3 is 0 Å². The van der Waals surface area contributed by atoms with Gasteiger partial charge in [0, 0.05) is 13.0 Å². The Hall–Kier alpha value is -3.53. The lowest BCUT2D eigenvalue weighted by molar-refractivity contribution is 0.110. The van der Waals surface area contributed by atoms with Crippen LogP contribution in [0.1, 0.15) is 41.3 Å². The highest BCUT2D eigenvalue weighted by Crippen LogP contribution is 2.37. The Kier molecular flexibility index (Phi) is 4.35. The van der Waals surface area contributed by atoms with Crippen LogP contribution in [0.5, 0.6) is 0 Å². The van der Waals surface area contributed by atoms with E-state index in [1.807, 2.05) is 0 Å². The van der Waals surface area contributed by atoms with E-state index in [2.05, 4.69) is 51.3 Å². The van der Waals surface area contributed by atoms with Gasteiger partial charge in [-0.25, -0.2) is 4.98 Å². The highest BCUT2D eigenvalue weighted by molar-refractivity contribution is 5.72. The van der Waals surface area contributed by atoms with E-state index in [4.69, 9.17) is 15.0 Å². The molecule has 5 rings (SSSR count). The van der Waals surface area contributed by atoms with Crippen molar-refractivity contribution >= 4 is 17.1 Å². The minimum absolute atomic E-state index is 0.0158. The summed E-state index contributed by atoms with van der Waals surface area (Å²) in [6.45, 7) is 2.71. The maximum Gasteiger partial charge on any atom is 0.280 e. The van der Waals surface area contributed by atoms with Crippen molar-refractivity contribution in [2.24, 2.45) is 7.05 Å². The lowest BCUT2D eigenvalue weighted by Crippen LogP contribution is -2.23. The first kappa shape index (κ1) is 18.5. The second-order valence-corrected chi connectivity index (χ2v) is 7.59. The van der Waals surface area contributed by atoms with E-state index in [0.29, 0.717) is 29.5 Å². The quantitative estimate of drug-likeness (QED) is 0.541. The summed E-state index contributed by atoms with van der Waals surface area (Å²) in [6.07, 6.45) is 2.21. The van der Waals surface area contributed by atoms with Crippen LogP contribution >= 0.6 is 0 Å². The number of aromatic nitrogens is 6. The first-order valence-corrected chi connectivity index (χ1v) is 9.67. The van der Waals surface area contributed by atoms with E-state index in [9.17, 15) is 4.79 Å². The fourth-order valence-corrected chi connectivity index (χ4v) is 3.72. The van der Waals surface area contributed by atoms with Crippen LogP contribution in [-0.2, 0) is 18.3 Å². The molecule has 1 aromatic carbocycles. The molecule has 0 saturated carbocycles. The van der Waals surface area contributed by atoms with Crippen molar-refractivity contribution in [3.63, 3.8) is 0 Å². The Morgan fingerprint density at radius 3 is 2.83 bits per heavy atom. The molecule has 10 heteroatoms. The molecule has 1 aliphatic heterocycles. The van der Waals surface area contributed by atoms with Crippen LogP contribution in [0.3, 0.4) is 0 Å². The Labute approximate surface area is 171 Å². The number of aryl methyl sites for hydroxylation is 2. The number of hydrogen-bond acceptors (Lipinski definition) is 8. The van der Waals surface area contributed by atoms with Crippen molar-refractivity contribution in [2.75, 3.05) is 12.3 Å². The number of nitrogen functional groups attached to an aromatic ring is 1. The van der Waals surface area contributed by atoms with Gasteiger partial charge in [0.2, 0.25) is 11.8 Å². The Morgan fingerprint density at radius 2 is 2.03 bits per heavy atom. The Morgan fingerprint density at radius 1 is 1.23 bits per heavy atom. The van der Waals surface area contributed by atoms with Crippen molar-refractivity contribution < 1.29 is 9.26 Å². The minimum atomic E-state index is -0.268. The highest BCUT2D eigenvalue weighted by Gasteiger charge is 2.31. The van der Waals surface area contributed by atoms with Gasteiger partial charge in [-0.3, -0.25) is 9.36 Å². The van der Waals surface area contributed by atoms with Crippen LogP contribution in [0.2, 0.25) is 0 Å². The maximum atomic E-state index is 12.8. The van der Waals surface area contributed by atoms with E-state index >= 15 is 0 Å². The van der Waals surface area contributed by atoms with Gasteiger partial charge in [0.25, 0.3) is 5.56 Å². The molecule has 2 atom stereocenters. The first-order valence-electron chi connectivity index (χ1n) is 9.67. The molecule has 154 valence electrons. The van der Waals surface area contributed by atoms with Crippen molar-refractivity contribution in [3.8, 4) is 0 Å². The van der Waals surface area contributed by atoms with Crippen molar-refractivity contribution in [1.29, 1.82) is 0 Å². The molecule has 0 spiro atoms. The molecule has 3 aromatic heterocycles. The van der Waals surface area contributed by atoms with Gasteiger partial charge in [-0.05, 0) is 18.9 Å². The smallest absolute Gasteiger partial charge is 0.280 e. The van der Waals surface area contributed by atoms with E-state index < -0.39 is 0 Å². The zero-order chi connectivity index (χ0) is 20.8. The van der Waals surface area contributed by atoms with Crippen LogP contribution in [0.15, 0.2) is 39.9 Å². The third-order valence-corrected chi connectivity index (χ3v) is 5.50. The summed E-state index contributed by atoms with van der Waals surface area (Å²) in [5, 5.41) is 4.11. The van der Waals surface area contributed by atoms with Crippen molar-refractivity contribution in [3.05, 3.63) is 63.8 Å². The normalized spacial score (nSPS) is 19.0. The molecule has 0 aliphatic carbocycles. The van der Waals surface area contributed by atoms with Crippen LogP contribution in [-0.4, -0.2) is 35.8 Å². The molecule has 1 aliphatic rings. The number of benzene rings is 1. The predicted octanol–water partition coefficient (Wildman–Crippen LogP) is 1.70. The van der Waals surface area contributed by atoms with E-state index in [1.54, 1.807) is 7.05 Å². The topological polar surface area (TPSA) is 127 Å². The largest absolute Gasteiger partial charge is 0.373 e. The fraction of sp³-hybridized carbons (Fsp3) is 0.350. The number of ether oxygens (including phenoxy) is 1. The number of fused-ring (bicyclic) bond motifs is 1. The average Bonchev–Trinajstić information content (AvgIpc) is 3.45. The molecule has 2 N–H and O–H groups in total. The van der Waals surface area contributed by atoms with E-state index in [0.717, 1.165) is 12.0 Å². The second kappa shape index (κ2) is 7.06. The minimum Gasteiger partial charge on any atom is -0.373 e. The molecule has 1 saturated heterocycles. The molecule has 4 aromatic rings. The zero-order valence-corrected chi connectivity index (χ0v) is 16.6. The van der Waals surface area contributed by atoms with Gasteiger partial charge in [-0.1, -0.05) is 35.0 Å². The number of imidazole rings is 1. The summed E-state index contributed by atoms with van der Waals surface area (Å²) in [7, 11) is 1.67. The summed E-state index contributed by atoms with van der Waals surface area (Å²) >= 11 is 0. The second-order valence-electron chi connectivity index (χ2n) is 7.59. The van der Waals surface area contributed by atoms with Gasteiger partial charge in [0.15, 0.2) is 17.0 Å². The zero-order valence-electron chi connectivity index (χ0n) is 16.6. The lowest BCUT2D eigenvalue weighted by Gasteiger charge is -2.09. The maximum absolute atomic E-state index is 12.8. The third kappa shape index (κ3) is 3.14. The van der Waals surface area contributed by atoms with Gasteiger partial charge in [0.1, 0.15) is 12.9 Å². The standard InChI is InChI=1S/C20H21N7O3/c1-11-3-5-12(6-4-11)14-7-13(9-29-14)17-23-15(30-25-17)8-27-10-22-18-16(19(27)28)26(2)20(21)24-18/h3-6,10,13-14H,7-9H2,1-2H3,(H2,21,24)/t13-,14+/m0/s1. The fourth-order valence-electron chi connectivity index (χ4n) is 3.72. The Balaban J connectivity index is 1.33. The molecule has 0 unspecified atom stereocenters. The molecule has 0 radical (unpaired) electrons. The molecule has 10 nitrogen and oxygen atoms in total.